The van der Waals surface area contributed by atoms with E-state index in [9.17, 15) is 0 Å². The molecule has 0 bridgehead atoms. The fourth-order valence-corrected chi connectivity index (χ4v) is 2.26. The summed E-state index contributed by atoms with van der Waals surface area (Å²) in [5.41, 5.74) is -1.65. The Kier molecular flexibility index (Phi) is 2.49. The Morgan fingerprint density at radius 2 is 1.52 bits per heavy atom. The Morgan fingerprint density at radius 1 is 0.935 bits per heavy atom. The lowest BCUT2D eigenvalue weighted by Gasteiger charge is -2.07. The molecular weight excluding hydrogens is 408 g/mol. The maximum atomic E-state index is 9.08. The third-order valence-corrected chi connectivity index (χ3v) is 3.54. The van der Waals surface area contributed by atoms with E-state index >= 15 is 0 Å². The second-order valence-electron chi connectivity index (χ2n) is 5.19. The number of nitrogens with one attached hydrogen (secondary N) is 1. The highest BCUT2D eigenvalue weighted by molar-refractivity contribution is 6.13. The van der Waals surface area contributed by atoms with E-state index in [0.29, 0.717) is 0 Å². The van der Waals surface area contributed by atoms with Gasteiger partial charge in [-0.3, -0.25) is 0 Å². The molecule has 4 aromatic carbocycles. The number of nitriles is 1. The third-order valence-electron chi connectivity index (χ3n) is 3.45. The van der Waals surface area contributed by atoms with E-state index in [4.69, 9.17) is 49.9 Å². The van der Waals surface area contributed by atoms with E-state index in [-0.39, 0.29) is 0 Å². The van der Waals surface area contributed by atoms with Crippen LogP contribution in [0.1, 0.15) is 44.0 Å². The van der Waals surface area contributed by atoms with Crippen molar-refractivity contribution in [3.63, 3.8) is 0 Å². The zero-order valence-corrected chi connectivity index (χ0v) is 15.9. The Labute approximate surface area is 221 Å². The molecule has 0 atom stereocenters. The largest absolute Gasteiger partial charge is 0.497 e. The van der Waals surface area contributed by atoms with Gasteiger partial charge in [-0.05, 0) is 75.0 Å². The Balaban J connectivity index is 0.000000297. The summed E-state index contributed by atoms with van der Waals surface area (Å²) >= 11 is 5.29. The van der Waals surface area contributed by atoms with E-state index in [1.807, 2.05) is 0 Å². The van der Waals surface area contributed by atoms with Crippen molar-refractivity contribution in [2.75, 3.05) is 20.6 Å². The van der Waals surface area contributed by atoms with Gasteiger partial charge in [-0.25, -0.2) is 4.84 Å². The maximum Gasteiger partial charge on any atom is 0.119 e. The first-order chi connectivity index (χ1) is 24.7. The predicted octanol–water partition coefficient (Wildman–Crippen LogP) is 6.05. The molecule has 0 amide bonds. The molecule has 1 N–H and O–H groups in total. The molecule has 5 heteroatoms. The van der Waals surface area contributed by atoms with E-state index in [1.54, 1.807) is 4.84 Å². The number of hydrogen-bond acceptors (Lipinski definition) is 4. The highest BCUT2D eigenvalue weighted by Gasteiger charge is 2.03. The molecule has 158 valence electrons. The molecule has 0 aromatic heterocycles. The summed E-state index contributed by atoms with van der Waals surface area (Å²) in [7, 11) is -6.19. The van der Waals surface area contributed by atoms with Gasteiger partial charge in [0.1, 0.15) is 11.5 Å². The molecule has 0 aliphatic carbocycles. The van der Waals surface area contributed by atoms with E-state index in [0.717, 1.165) is 0 Å². The number of hydrogen-bond donors (Lipinski definition) is 1. The van der Waals surface area contributed by atoms with Crippen molar-refractivity contribution >= 4 is 33.3 Å². The lowest BCUT2D eigenvalue weighted by atomic mass is 10.0. The van der Waals surface area contributed by atoms with Crippen LogP contribution in [-0.2, 0) is 12.7 Å². The quantitative estimate of drug-likeness (QED) is 0.359. The number of nitrogens with zero attached hydrogens (tertiary/aromatic N) is 1. The van der Waals surface area contributed by atoms with E-state index in [1.165, 1.54) is 6.07 Å². The minimum atomic E-state index is -3.17. The monoisotopic (exact) mass is 456 g/mol. The molecule has 0 saturated carbocycles. The van der Waals surface area contributed by atoms with Gasteiger partial charge in [0, 0.05) is 14.7 Å². The summed E-state index contributed by atoms with van der Waals surface area (Å²) < 4.78 is 195. The van der Waals surface area contributed by atoms with Crippen molar-refractivity contribution in [2.24, 2.45) is 0 Å². The normalized spacial score (nSPS) is 23.6. The second kappa shape index (κ2) is 11.2. The van der Waals surface area contributed by atoms with Gasteiger partial charge < -0.3 is 9.47 Å². The SMILES string of the molecule is [2H]c1c([2H])c(C([2H])([2H])C#N)c2c([2H])c(OC([2H])([2H])[2H])c([2H])c([2H])c2c1[2H].[2H]c1c([2H])c(C([2H])([2H])C([2H])([2H])NCl)c2c([2H])c(OC([2H])([2H])[2H])c([2H])c([2H])c2c1[2H]. The molecule has 0 heterocycles. The number of methoxy groups -OCH3 is 2. The Hall–Kier alpha value is -3.26. The lowest BCUT2D eigenvalue weighted by molar-refractivity contribution is 0.415. The van der Waals surface area contributed by atoms with Crippen molar-refractivity contribution in [3.05, 3.63) is 83.6 Å². The van der Waals surface area contributed by atoms with Gasteiger partial charge >= 0.3 is 0 Å². The zero-order valence-electron chi connectivity index (χ0n) is 39.1. The van der Waals surface area contributed by atoms with Gasteiger partial charge in [0.05, 0.1) is 51.2 Å². The van der Waals surface area contributed by atoms with Crippen LogP contribution in [0.25, 0.3) is 21.5 Å². The summed E-state index contributed by atoms with van der Waals surface area (Å²) in [6.45, 7) is -3.04. The smallest absolute Gasteiger partial charge is 0.119 e. The average molecular weight is 457 g/mol. The Morgan fingerprint density at radius 3 is 2.06 bits per heavy atom. The molecule has 0 aliphatic heterocycles. The second-order valence-corrected chi connectivity index (χ2v) is 5.38. The van der Waals surface area contributed by atoms with Crippen LogP contribution in [0.4, 0.5) is 0 Å². The highest BCUT2D eigenvalue weighted by Crippen LogP contribution is 2.25. The van der Waals surface area contributed by atoms with Gasteiger partial charge in [-0.15, -0.1) is 0 Å². The van der Waals surface area contributed by atoms with Crippen LogP contribution in [0.2, 0.25) is 0 Å². The first-order valence-electron chi connectivity index (χ1n) is 20.0. The van der Waals surface area contributed by atoms with Crippen molar-refractivity contribution in [2.45, 2.75) is 12.7 Å². The van der Waals surface area contributed by atoms with Gasteiger partial charge in [0.15, 0.2) is 0 Å². The van der Waals surface area contributed by atoms with Crippen LogP contribution in [0, 0.1) is 11.3 Å². The van der Waals surface area contributed by atoms with Crippen LogP contribution in [0.15, 0.2) is 72.5 Å². The molecule has 0 spiro atoms. The zero-order chi connectivity index (χ0) is 42.9. The van der Waals surface area contributed by atoms with Gasteiger partial charge in [-0.1, -0.05) is 48.3 Å². The highest BCUT2D eigenvalue weighted by atomic mass is 35.5. The van der Waals surface area contributed by atoms with Crippen LogP contribution >= 0.6 is 11.8 Å². The van der Waals surface area contributed by atoms with Crippen molar-refractivity contribution in [1.29, 1.82) is 5.26 Å². The first kappa shape index (κ1) is 6.87. The fraction of sp³-hybridized carbons (Fsp3) is 0.192. The predicted molar refractivity (Wildman–Crippen MR) is 128 cm³/mol. The maximum absolute atomic E-state index is 9.08. The lowest BCUT2D eigenvalue weighted by Crippen LogP contribution is -2.04. The molecule has 31 heavy (non-hydrogen) atoms. The summed E-state index contributed by atoms with van der Waals surface area (Å²) in [6.07, 6.45) is -6.03. The average Bonchev–Trinajstić information content (AvgIpc) is 3.06. The van der Waals surface area contributed by atoms with E-state index < -0.39 is 150 Å². The number of aryl methyl sites for hydroxylation is 1. The van der Waals surface area contributed by atoms with Crippen LogP contribution in [-0.4, -0.2) is 20.6 Å². The number of halogens is 1. The summed E-state index contributed by atoms with van der Waals surface area (Å²) in [6, 6.07) is -8.66. The molecule has 0 radical (unpaired) electrons. The molecule has 0 aliphatic rings. The molecule has 4 aromatic rings. The van der Waals surface area contributed by atoms with Gasteiger partial charge in [0.25, 0.3) is 0 Å². The minimum Gasteiger partial charge on any atom is -0.497 e. The standard InChI is InChI=1S/C13H14ClNO.C13H11NO/c1-16-12-6-5-10-3-2-4-11(7-8-15-14)13(10)9-12;1-15-12-6-5-10-3-2-4-11(7-8-14)13(10)9-12/h2-6,9,15H,7-8H2,1H3;2-6,9H,7H2,1H3/i1D3,2D,3D,4D,5D,6D,7D2,8D2,9D;1D3,2D,3D,4D,5D,6D,7D2,9D. The molecule has 4 nitrogen and oxygen atoms in total. The number of benzene rings is 4. The van der Waals surface area contributed by atoms with Crippen LogP contribution < -0.4 is 14.3 Å². The topological polar surface area (TPSA) is 54.3 Å². The number of fused-ring (bicyclic) bond motifs is 2. The van der Waals surface area contributed by atoms with Crippen LogP contribution in [0.3, 0.4) is 0 Å². The molecule has 4 rings (SSSR count). The van der Waals surface area contributed by atoms with Crippen molar-refractivity contribution < 1.29 is 42.4 Å². The van der Waals surface area contributed by atoms with Gasteiger partial charge in [0.2, 0.25) is 0 Å². The summed E-state index contributed by atoms with van der Waals surface area (Å²) in [5.74, 6) is -1.77. The number of rotatable bonds is 6. The first-order valence-corrected chi connectivity index (χ1v) is 8.36. The molecule has 0 saturated heterocycles. The van der Waals surface area contributed by atoms with Crippen LogP contribution in [0.5, 0.6) is 11.5 Å². The number of ether oxygens (including phenoxy) is 2. The van der Waals surface area contributed by atoms with Crippen molar-refractivity contribution in [1.82, 2.24) is 4.84 Å². The Bertz CT molecular complexity index is 2260. The summed E-state index contributed by atoms with van der Waals surface area (Å²) in [5, 5.41) is 6.76. The van der Waals surface area contributed by atoms with Crippen molar-refractivity contribution in [3.8, 4) is 17.6 Å². The molecule has 0 unspecified atom stereocenters. The fourth-order valence-electron chi connectivity index (χ4n) is 2.21. The minimum absolute atomic E-state index is 0.493. The molecular formula is C26H25ClN2O2. The van der Waals surface area contributed by atoms with Gasteiger partial charge in [-0.2, -0.15) is 5.26 Å². The molecule has 0 fully saturated rings. The summed E-state index contributed by atoms with van der Waals surface area (Å²) in [4.78, 5) is 1.58. The van der Waals surface area contributed by atoms with E-state index in [2.05, 4.69) is 9.47 Å². The third kappa shape index (κ3) is 5.67.